The van der Waals surface area contributed by atoms with Crippen LogP contribution >= 0.6 is 22.9 Å². The van der Waals surface area contributed by atoms with Gasteiger partial charge in [-0.05, 0) is 48.2 Å². The van der Waals surface area contributed by atoms with E-state index in [1.54, 1.807) is 0 Å². The van der Waals surface area contributed by atoms with Crippen molar-refractivity contribution in [3.8, 4) is 5.75 Å². The van der Waals surface area contributed by atoms with Crippen molar-refractivity contribution >= 4 is 56.4 Å². The third kappa shape index (κ3) is 6.98. The Morgan fingerprint density at radius 2 is 1.74 bits per heavy atom. The zero-order valence-corrected chi connectivity index (χ0v) is 25.0. The Morgan fingerprint density at radius 3 is 2.37 bits per heavy atom. The Hall–Kier alpha value is -3.59. The van der Waals surface area contributed by atoms with Gasteiger partial charge in [0.15, 0.2) is 5.75 Å². The molecule has 15 heteroatoms. The molecule has 0 radical (unpaired) electrons. The molecule has 1 fully saturated rings. The van der Waals surface area contributed by atoms with Gasteiger partial charge in [-0.15, -0.1) is 11.3 Å². The second-order valence-corrected chi connectivity index (χ2v) is 13.3. The number of fused-ring (bicyclic) bond motifs is 1. The van der Waals surface area contributed by atoms with Crippen molar-refractivity contribution < 1.29 is 36.3 Å². The number of para-hydroxylation sites is 1. The van der Waals surface area contributed by atoms with E-state index in [1.165, 1.54) is 34.1 Å². The number of carbonyl (C=O) groups excluding carboxylic acids is 3. The van der Waals surface area contributed by atoms with Crippen LogP contribution in [0.5, 0.6) is 5.75 Å². The molecule has 3 aromatic rings. The minimum atomic E-state index is -4.73. The van der Waals surface area contributed by atoms with E-state index in [0.29, 0.717) is 17.2 Å². The number of anilines is 1. The number of ether oxygens (including phenoxy) is 1. The van der Waals surface area contributed by atoms with Crippen LogP contribution in [0, 0.1) is 0 Å². The average molecular weight is 653 g/mol. The number of hydrogen-bond acceptors (Lipinski definition) is 7. The number of nitrogens with one attached hydrogen (secondary N) is 2. The normalized spacial score (nSPS) is 15.9. The monoisotopic (exact) mass is 652 g/mol. The van der Waals surface area contributed by atoms with E-state index in [4.69, 9.17) is 11.6 Å². The molecule has 0 aliphatic carbocycles. The number of rotatable bonds is 10. The lowest BCUT2D eigenvalue weighted by molar-refractivity contribution is -0.133. The number of hydrogen-bond donors (Lipinski definition) is 2. The fourth-order valence-electron chi connectivity index (χ4n) is 5.05. The number of amides is 3. The maximum Gasteiger partial charge on any atom is 0.387 e. The minimum absolute atomic E-state index is 0.117. The molecule has 0 saturated carbocycles. The number of carbonyl (C=O) groups is 3. The van der Waals surface area contributed by atoms with E-state index in [2.05, 4.69) is 14.8 Å². The predicted molar refractivity (Wildman–Crippen MR) is 156 cm³/mol. The van der Waals surface area contributed by atoms with E-state index in [9.17, 15) is 31.6 Å². The van der Waals surface area contributed by atoms with Crippen LogP contribution < -0.4 is 19.7 Å². The number of thiophene rings is 1. The molecule has 10 nitrogen and oxygen atoms in total. The van der Waals surface area contributed by atoms with Gasteiger partial charge < -0.3 is 19.9 Å². The van der Waals surface area contributed by atoms with Crippen LogP contribution in [0.2, 0.25) is 4.34 Å². The fraction of sp³-hybridized carbons (Fsp3) is 0.321. The maximum absolute atomic E-state index is 13.8. The van der Waals surface area contributed by atoms with Gasteiger partial charge in [-0.2, -0.15) is 13.5 Å². The first-order valence-corrected chi connectivity index (χ1v) is 16.0. The summed E-state index contributed by atoms with van der Waals surface area (Å²) in [4.78, 5) is 41.3. The second-order valence-electron chi connectivity index (χ2n) is 9.94. The molecule has 5 rings (SSSR count). The Balaban J connectivity index is 1.46. The van der Waals surface area contributed by atoms with Crippen LogP contribution in [0.15, 0.2) is 59.5 Å². The molecule has 1 atom stereocenters. The largest absolute Gasteiger partial charge is 0.431 e. The van der Waals surface area contributed by atoms with Gasteiger partial charge in [-0.3, -0.25) is 14.4 Å². The van der Waals surface area contributed by atoms with Gasteiger partial charge in [0.05, 0.1) is 14.9 Å². The molecule has 2 N–H and O–H groups in total. The molecule has 0 bridgehead atoms. The number of alkyl halides is 2. The molecule has 3 amide bonds. The summed E-state index contributed by atoms with van der Waals surface area (Å²) in [5, 5.41) is 2.56. The SMILES string of the molecule is O=C(NC[C@H](NS(=O)(=O)c1cccc(N2CCCCC2=O)c1OC(F)F)C(=O)N1Cc2ccccc2C1)c1ccc(Cl)s1. The van der Waals surface area contributed by atoms with Crippen molar-refractivity contribution in [1.29, 1.82) is 0 Å². The van der Waals surface area contributed by atoms with E-state index in [0.717, 1.165) is 28.5 Å². The molecule has 0 unspecified atom stereocenters. The quantitative estimate of drug-likeness (QED) is 0.339. The number of sulfonamides is 1. The second kappa shape index (κ2) is 13.0. The van der Waals surface area contributed by atoms with Gasteiger partial charge in [0.2, 0.25) is 21.8 Å². The van der Waals surface area contributed by atoms with Crippen molar-refractivity contribution in [3.63, 3.8) is 0 Å². The summed E-state index contributed by atoms with van der Waals surface area (Å²) in [6, 6.07) is 12.5. The maximum atomic E-state index is 13.8. The number of nitrogens with zero attached hydrogens (tertiary/aromatic N) is 2. The van der Waals surface area contributed by atoms with Crippen LogP contribution in [0.25, 0.3) is 0 Å². The number of halogens is 3. The lowest BCUT2D eigenvalue weighted by Gasteiger charge is -2.29. The van der Waals surface area contributed by atoms with Crippen molar-refractivity contribution in [1.82, 2.24) is 14.9 Å². The number of benzene rings is 2. The zero-order valence-electron chi connectivity index (χ0n) is 22.6. The third-order valence-corrected chi connectivity index (χ3v) is 9.81. The van der Waals surface area contributed by atoms with Gasteiger partial charge in [0.1, 0.15) is 10.9 Å². The van der Waals surface area contributed by atoms with Crippen molar-refractivity contribution in [2.24, 2.45) is 0 Å². The summed E-state index contributed by atoms with van der Waals surface area (Å²) < 4.78 is 62.1. The lowest BCUT2D eigenvalue weighted by Crippen LogP contribution is -2.52. The topological polar surface area (TPSA) is 125 Å². The summed E-state index contributed by atoms with van der Waals surface area (Å²) in [7, 11) is -4.73. The molecular formula is C28H27ClF2N4O6S2. The van der Waals surface area contributed by atoms with Crippen LogP contribution in [-0.2, 0) is 32.7 Å². The van der Waals surface area contributed by atoms with Crippen molar-refractivity contribution in [2.75, 3.05) is 18.0 Å². The first kappa shape index (κ1) is 30.9. The molecule has 0 spiro atoms. The molecule has 1 saturated heterocycles. The smallest absolute Gasteiger partial charge is 0.387 e. The molecule has 2 aromatic carbocycles. The highest BCUT2D eigenvalue weighted by Gasteiger charge is 2.36. The Labute approximate surface area is 255 Å². The van der Waals surface area contributed by atoms with Gasteiger partial charge in [-0.25, -0.2) is 8.42 Å². The Bertz CT molecular complexity index is 1630. The minimum Gasteiger partial charge on any atom is -0.431 e. The van der Waals surface area contributed by atoms with E-state index >= 15 is 0 Å². The summed E-state index contributed by atoms with van der Waals surface area (Å²) in [5.41, 5.74) is 1.66. The molecule has 43 heavy (non-hydrogen) atoms. The van der Waals surface area contributed by atoms with E-state index in [1.807, 2.05) is 24.3 Å². The zero-order chi connectivity index (χ0) is 30.7. The van der Waals surface area contributed by atoms with Crippen LogP contribution in [-0.4, -0.2) is 56.8 Å². The van der Waals surface area contributed by atoms with Crippen LogP contribution in [0.4, 0.5) is 14.5 Å². The Kier molecular flexibility index (Phi) is 9.30. The highest BCUT2D eigenvalue weighted by Crippen LogP contribution is 2.38. The fourth-order valence-corrected chi connectivity index (χ4v) is 7.35. The van der Waals surface area contributed by atoms with Crippen LogP contribution in [0.1, 0.15) is 40.1 Å². The molecule has 228 valence electrons. The van der Waals surface area contributed by atoms with Crippen LogP contribution in [0.3, 0.4) is 0 Å². The average Bonchev–Trinajstić information content (AvgIpc) is 3.61. The summed E-state index contributed by atoms with van der Waals surface area (Å²) >= 11 is 6.93. The third-order valence-electron chi connectivity index (χ3n) is 7.08. The van der Waals surface area contributed by atoms with Gasteiger partial charge in [0, 0.05) is 32.6 Å². The molecule has 2 aliphatic heterocycles. The molecule has 1 aromatic heterocycles. The first-order chi connectivity index (χ1) is 20.5. The lowest BCUT2D eigenvalue weighted by atomic mass is 10.1. The highest BCUT2D eigenvalue weighted by atomic mass is 35.5. The molecule has 2 aliphatic rings. The number of piperidine rings is 1. The molecule has 3 heterocycles. The first-order valence-electron chi connectivity index (χ1n) is 13.3. The summed E-state index contributed by atoms with van der Waals surface area (Å²) in [6.07, 6.45) is 1.39. The van der Waals surface area contributed by atoms with Gasteiger partial charge >= 0.3 is 6.61 Å². The summed E-state index contributed by atoms with van der Waals surface area (Å²) in [6.45, 7) is -3.21. The highest BCUT2D eigenvalue weighted by molar-refractivity contribution is 7.89. The summed E-state index contributed by atoms with van der Waals surface area (Å²) in [5.74, 6) is -2.28. The molecular weight excluding hydrogens is 626 g/mol. The van der Waals surface area contributed by atoms with Crippen molar-refractivity contribution in [3.05, 3.63) is 74.9 Å². The van der Waals surface area contributed by atoms with Gasteiger partial charge in [0.25, 0.3) is 5.91 Å². The van der Waals surface area contributed by atoms with Gasteiger partial charge in [-0.1, -0.05) is 41.9 Å². The van der Waals surface area contributed by atoms with Crippen molar-refractivity contribution in [2.45, 2.75) is 49.9 Å². The predicted octanol–water partition coefficient (Wildman–Crippen LogP) is 4.14. The van der Waals surface area contributed by atoms with E-state index < -0.39 is 51.7 Å². The Morgan fingerprint density at radius 1 is 1.02 bits per heavy atom. The van der Waals surface area contributed by atoms with E-state index in [-0.39, 0.29) is 42.5 Å². The standard InChI is InChI=1S/C28H27ClF2N4O6S2/c29-23-12-11-21(42-23)26(37)32-14-19(27(38)34-15-17-6-1-2-7-18(17)16-34)33-43(39,40)22-9-5-8-20(25(22)41-28(30)31)35-13-4-3-10-24(35)36/h1-2,5-9,11-12,19,28,33H,3-4,10,13-16H2,(H,32,37)/t19-/m0/s1.